The topological polar surface area (TPSA) is 57.7 Å². The van der Waals surface area contributed by atoms with E-state index < -0.39 is 28.0 Å². The molecule has 2 fully saturated rings. The van der Waals surface area contributed by atoms with Gasteiger partial charge in [0.15, 0.2) is 0 Å². The van der Waals surface area contributed by atoms with Crippen molar-refractivity contribution in [2.24, 2.45) is 11.8 Å². The molecule has 28 heavy (non-hydrogen) atoms. The molecule has 0 N–H and O–H groups in total. The fourth-order valence-corrected chi connectivity index (χ4v) is 5.62. The number of benzene rings is 1. The number of alkyl halides is 3. The molecule has 0 spiro atoms. The Kier molecular flexibility index (Phi) is 6.26. The van der Waals surface area contributed by atoms with Crippen LogP contribution in [0, 0.1) is 11.8 Å². The highest BCUT2D eigenvalue weighted by Crippen LogP contribution is 2.40. The molecular weight excluding hydrogens is 417 g/mol. The lowest BCUT2D eigenvalue weighted by molar-refractivity contribution is -0.187. The molecule has 0 bridgehead atoms. The van der Waals surface area contributed by atoms with Crippen molar-refractivity contribution in [2.75, 3.05) is 26.2 Å². The first-order valence-electron chi connectivity index (χ1n) is 9.20. The van der Waals surface area contributed by atoms with Gasteiger partial charge < -0.3 is 4.90 Å². The third kappa shape index (κ3) is 4.63. The Hall–Kier alpha value is -1.32. The Balaban J connectivity index is 1.61. The molecule has 1 aromatic rings. The molecule has 0 unspecified atom stereocenters. The number of hydrogen-bond donors (Lipinski definition) is 0. The first-order valence-corrected chi connectivity index (χ1v) is 11.0. The van der Waals surface area contributed by atoms with E-state index in [1.54, 1.807) is 12.1 Å². The Bertz CT molecular complexity index is 824. The first kappa shape index (κ1) is 21.4. The maximum Gasteiger partial charge on any atom is 0.391 e. The standard InChI is InChI=1S/C18H22ClF3N2O3S/c19-15-5-2-6-16(12-15)28(26,27)24-9-7-23(8-10-24)17(25)13-3-1-4-14(11-13)18(20,21)22/h2,5-6,12-14H,1,3-4,7-11H2/t13-,14-/m1/s1. The number of halogens is 4. The van der Waals surface area contributed by atoms with Crippen molar-refractivity contribution < 1.29 is 26.4 Å². The van der Waals surface area contributed by atoms with Crippen molar-refractivity contribution in [1.82, 2.24) is 9.21 Å². The van der Waals surface area contributed by atoms with Crippen LogP contribution in [0.3, 0.4) is 0 Å². The number of carbonyl (C=O) groups is 1. The molecule has 1 heterocycles. The predicted octanol–water partition coefficient (Wildman–Crippen LogP) is 3.54. The molecule has 2 atom stereocenters. The Morgan fingerprint density at radius 2 is 1.79 bits per heavy atom. The minimum absolute atomic E-state index is 0.0684. The number of amides is 1. The molecule has 3 rings (SSSR count). The van der Waals surface area contributed by atoms with Gasteiger partial charge >= 0.3 is 6.18 Å². The number of piperazine rings is 1. The SMILES string of the molecule is O=C([C@@H]1CCC[C@@H](C(F)(F)F)C1)N1CCN(S(=O)(=O)c2cccc(Cl)c2)CC1. The summed E-state index contributed by atoms with van der Waals surface area (Å²) in [5.41, 5.74) is 0. The second kappa shape index (κ2) is 8.20. The maximum absolute atomic E-state index is 13.0. The number of rotatable bonds is 3. The summed E-state index contributed by atoms with van der Waals surface area (Å²) in [6.07, 6.45) is -3.55. The molecule has 5 nitrogen and oxygen atoms in total. The summed E-state index contributed by atoms with van der Waals surface area (Å²) >= 11 is 5.87. The van der Waals surface area contributed by atoms with Crippen LogP contribution in [0.2, 0.25) is 5.02 Å². The van der Waals surface area contributed by atoms with Crippen LogP contribution in [0.4, 0.5) is 13.2 Å². The first-order chi connectivity index (χ1) is 13.1. The summed E-state index contributed by atoms with van der Waals surface area (Å²) in [4.78, 5) is 14.2. The molecule has 1 saturated heterocycles. The number of nitrogens with zero attached hydrogens (tertiary/aromatic N) is 2. The number of hydrogen-bond acceptors (Lipinski definition) is 3. The van der Waals surface area contributed by atoms with Gasteiger partial charge in [0.1, 0.15) is 0 Å². The maximum atomic E-state index is 13.0. The van der Waals surface area contributed by atoms with Gasteiger partial charge in [0.25, 0.3) is 0 Å². The highest BCUT2D eigenvalue weighted by Gasteiger charge is 2.44. The van der Waals surface area contributed by atoms with Gasteiger partial charge in [-0.05, 0) is 37.5 Å². The van der Waals surface area contributed by atoms with E-state index in [0.29, 0.717) is 17.9 Å². The molecule has 1 saturated carbocycles. The van der Waals surface area contributed by atoms with Gasteiger partial charge in [-0.25, -0.2) is 8.42 Å². The molecular formula is C18H22ClF3N2O3S. The van der Waals surface area contributed by atoms with E-state index in [4.69, 9.17) is 11.6 Å². The monoisotopic (exact) mass is 438 g/mol. The van der Waals surface area contributed by atoms with Crippen LogP contribution in [0.1, 0.15) is 25.7 Å². The van der Waals surface area contributed by atoms with Crippen LogP contribution < -0.4 is 0 Å². The molecule has 10 heteroatoms. The van der Waals surface area contributed by atoms with Crippen LogP contribution in [0.25, 0.3) is 0 Å². The summed E-state index contributed by atoms with van der Waals surface area (Å²) in [7, 11) is -3.72. The predicted molar refractivity (Wildman–Crippen MR) is 98.3 cm³/mol. The summed E-state index contributed by atoms with van der Waals surface area (Å²) in [5, 5.41) is 0.311. The van der Waals surface area contributed by atoms with Crippen LogP contribution in [-0.4, -0.2) is 55.9 Å². The van der Waals surface area contributed by atoms with E-state index in [1.807, 2.05) is 0 Å². The molecule has 1 aromatic carbocycles. The van der Waals surface area contributed by atoms with Crippen LogP contribution in [0.5, 0.6) is 0 Å². The van der Waals surface area contributed by atoms with Crippen molar-refractivity contribution in [3.63, 3.8) is 0 Å². The summed E-state index contributed by atoms with van der Waals surface area (Å²) < 4.78 is 65.7. The zero-order valence-electron chi connectivity index (χ0n) is 15.2. The van der Waals surface area contributed by atoms with Gasteiger partial charge in [0.2, 0.25) is 15.9 Å². The zero-order chi connectivity index (χ0) is 20.5. The summed E-state index contributed by atoms with van der Waals surface area (Å²) in [6.45, 7) is 0.559. The molecule has 156 valence electrons. The van der Waals surface area contributed by atoms with Gasteiger partial charge in [-0.15, -0.1) is 0 Å². The number of carbonyl (C=O) groups excluding carboxylic acids is 1. The van der Waals surface area contributed by atoms with E-state index in [1.165, 1.54) is 21.3 Å². The molecule has 1 aliphatic carbocycles. The lowest BCUT2D eigenvalue weighted by atomic mass is 9.80. The lowest BCUT2D eigenvalue weighted by Gasteiger charge is -2.38. The van der Waals surface area contributed by atoms with Crippen molar-refractivity contribution in [2.45, 2.75) is 36.8 Å². The highest BCUT2D eigenvalue weighted by atomic mass is 35.5. The second-order valence-electron chi connectivity index (χ2n) is 7.29. The smallest absolute Gasteiger partial charge is 0.340 e. The third-order valence-corrected chi connectivity index (χ3v) is 7.60. The summed E-state index contributed by atoms with van der Waals surface area (Å²) in [6, 6.07) is 5.95. The van der Waals surface area contributed by atoms with Gasteiger partial charge in [0.05, 0.1) is 10.8 Å². The molecule has 0 aromatic heterocycles. The van der Waals surface area contributed by atoms with Gasteiger partial charge in [-0.3, -0.25) is 4.79 Å². The molecule has 1 aliphatic heterocycles. The Labute approximate surface area is 167 Å². The van der Waals surface area contributed by atoms with Crippen LogP contribution in [-0.2, 0) is 14.8 Å². The number of sulfonamides is 1. The second-order valence-corrected chi connectivity index (χ2v) is 9.66. The fraction of sp³-hybridized carbons (Fsp3) is 0.611. The van der Waals surface area contributed by atoms with Gasteiger partial charge in [-0.2, -0.15) is 17.5 Å². The minimum atomic E-state index is -4.28. The fourth-order valence-electron chi connectivity index (χ4n) is 3.89. The Morgan fingerprint density at radius 1 is 1.11 bits per heavy atom. The minimum Gasteiger partial charge on any atom is -0.340 e. The van der Waals surface area contributed by atoms with Crippen molar-refractivity contribution >= 4 is 27.5 Å². The average Bonchev–Trinajstić information content (AvgIpc) is 2.67. The summed E-state index contributed by atoms with van der Waals surface area (Å²) in [5.74, 6) is -2.37. The molecule has 2 aliphatic rings. The van der Waals surface area contributed by atoms with E-state index in [0.717, 1.165) is 0 Å². The largest absolute Gasteiger partial charge is 0.391 e. The average molecular weight is 439 g/mol. The quantitative estimate of drug-likeness (QED) is 0.725. The van der Waals surface area contributed by atoms with E-state index in [2.05, 4.69) is 0 Å². The van der Waals surface area contributed by atoms with E-state index >= 15 is 0 Å². The van der Waals surface area contributed by atoms with Crippen molar-refractivity contribution in [1.29, 1.82) is 0 Å². The van der Waals surface area contributed by atoms with Crippen molar-refractivity contribution in [3.05, 3.63) is 29.3 Å². The van der Waals surface area contributed by atoms with Gasteiger partial charge in [0, 0.05) is 37.1 Å². The Morgan fingerprint density at radius 3 is 2.39 bits per heavy atom. The van der Waals surface area contributed by atoms with Crippen LogP contribution in [0.15, 0.2) is 29.2 Å². The van der Waals surface area contributed by atoms with Crippen molar-refractivity contribution in [3.8, 4) is 0 Å². The van der Waals surface area contributed by atoms with E-state index in [-0.39, 0.29) is 49.8 Å². The molecule has 0 radical (unpaired) electrons. The van der Waals surface area contributed by atoms with E-state index in [9.17, 15) is 26.4 Å². The lowest BCUT2D eigenvalue weighted by Crippen LogP contribution is -2.52. The van der Waals surface area contributed by atoms with Crippen LogP contribution >= 0.6 is 11.6 Å². The normalized spacial score (nSPS) is 24.9. The highest BCUT2D eigenvalue weighted by molar-refractivity contribution is 7.89. The zero-order valence-corrected chi connectivity index (χ0v) is 16.7. The van der Waals surface area contributed by atoms with Gasteiger partial charge in [-0.1, -0.05) is 24.1 Å². The molecule has 1 amide bonds. The third-order valence-electron chi connectivity index (χ3n) is 5.47.